The molecule has 2 bridgehead atoms. The summed E-state index contributed by atoms with van der Waals surface area (Å²) in [6.45, 7) is 6.00. The lowest BCUT2D eigenvalue weighted by Gasteiger charge is -2.25. The van der Waals surface area contributed by atoms with Crippen molar-refractivity contribution in [2.45, 2.75) is 38.5 Å². The molecule has 2 aromatic carbocycles. The van der Waals surface area contributed by atoms with Crippen molar-refractivity contribution in [1.29, 1.82) is 0 Å². The first-order valence-electron chi connectivity index (χ1n) is 10.3. The SMILES string of the molecule is COc1ccc(C(O)Cn2c3c(c4cc(C)ccc42)C2CCN(C3)C2)cc1OC. The van der Waals surface area contributed by atoms with Crippen LogP contribution in [-0.4, -0.2) is 41.9 Å². The van der Waals surface area contributed by atoms with E-state index in [1.807, 2.05) is 18.2 Å². The molecule has 0 spiro atoms. The average Bonchev–Trinajstić information content (AvgIpc) is 3.26. The van der Waals surface area contributed by atoms with E-state index in [4.69, 9.17) is 9.47 Å². The number of aryl methyl sites for hydroxylation is 1. The van der Waals surface area contributed by atoms with Crippen LogP contribution in [0.3, 0.4) is 0 Å². The lowest BCUT2D eigenvalue weighted by molar-refractivity contribution is 0.154. The van der Waals surface area contributed by atoms with E-state index >= 15 is 0 Å². The van der Waals surface area contributed by atoms with E-state index in [2.05, 4.69) is 34.6 Å². The second-order valence-electron chi connectivity index (χ2n) is 8.34. The zero-order valence-corrected chi connectivity index (χ0v) is 17.3. The van der Waals surface area contributed by atoms with Crippen LogP contribution >= 0.6 is 0 Å². The van der Waals surface area contributed by atoms with Gasteiger partial charge in [-0.1, -0.05) is 17.7 Å². The Balaban J connectivity index is 1.57. The van der Waals surface area contributed by atoms with E-state index in [-0.39, 0.29) is 0 Å². The van der Waals surface area contributed by atoms with Gasteiger partial charge in [0.1, 0.15) is 0 Å². The first-order valence-corrected chi connectivity index (χ1v) is 10.3. The molecular weight excluding hydrogens is 364 g/mol. The summed E-state index contributed by atoms with van der Waals surface area (Å²) >= 11 is 0. The summed E-state index contributed by atoms with van der Waals surface area (Å²) in [4.78, 5) is 2.54. The molecule has 1 saturated heterocycles. The van der Waals surface area contributed by atoms with Gasteiger partial charge in [0.25, 0.3) is 0 Å². The largest absolute Gasteiger partial charge is 0.493 e. The first kappa shape index (κ1) is 18.5. The van der Waals surface area contributed by atoms with Gasteiger partial charge in [-0.2, -0.15) is 0 Å². The number of hydrogen-bond acceptors (Lipinski definition) is 4. The van der Waals surface area contributed by atoms with Gasteiger partial charge in [0.2, 0.25) is 0 Å². The second kappa shape index (κ2) is 7.08. The van der Waals surface area contributed by atoms with Crippen LogP contribution in [0.1, 0.15) is 40.8 Å². The molecule has 3 heterocycles. The third-order valence-corrected chi connectivity index (χ3v) is 6.57. The summed E-state index contributed by atoms with van der Waals surface area (Å²) in [7, 11) is 3.24. The monoisotopic (exact) mass is 392 g/mol. The molecule has 3 unspecified atom stereocenters. The van der Waals surface area contributed by atoms with Gasteiger partial charge in [-0.3, -0.25) is 4.90 Å². The number of rotatable bonds is 5. The lowest BCUT2D eigenvalue weighted by Crippen LogP contribution is -2.27. The Morgan fingerprint density at radius 1 is 1.10 bits per heavy atom. The molecule has 5 heteroatoms. The molecule has 0 amide bonds. The molecule has 3 atom stereocenters. The maximum absolute atomic E-state index is 11.1. The summed E-state index contributed by atoms with van der Waals surface area (Å²) in [6.07, 6.45) is 0.614. The van der Waals surface area contributed by atoms with Crippen molar-refractivity contribution in [3.05, 3.63) is 58.8 Å². The molecule has 2 aliphatic rings. The highest BCUT2D eigenvalue weighted by molar-refractivity contribution is 5.87. The minimum absolute atomic E-state index is 0.533. The molecule has 3 aromatic rings. The van der Waals surface area contributed by atoms with Gasteiger partial charge in [0.05, 0.1) is 26.9 Å². The van der Waals surface area contributed by atoms with Gasteiger partial charge in [-0.15, -0.1) is 0 Å². The van der Waals surface area contributed by atoms with Gasteiger partial charge in [-0.05, 0) is 55.3 Å². The summed E-state index contributed by atoms with van der Waals surface area (Å²) in [6, 6.07) is 12.4. The van der Waals surface area contributed by atoms with Gasteiger partial charge in [-0.25, -0.2) is 0 Å². The second-order valence-corrected chi connectivity index (χ2v) is 8.34. The maximum atomic E-state index is 11.1. The Hall–Kier alpha value is -2.50. The summed E-state index contributed by atoms with van der Waals surface area (Å²) in [5, 5.41) is 12.5. The van der Waals surface area contributed by atoms with Crippen molar-refractivity contribution in [3.8, 4) is 11.5 Å². The molecule has 5 nitrogen and oxygen atoms in total. The van der Waals surface area contributed by atoms with Crippen molar-refractivity contribution in [3.63, 3.8) is 0 Å². The van der Waals surface area contributed by atoms with Crippen LogP contribution in [-0.2, 0) is 13.1 Å². The zero-order chi connectivity index (χ0) is 20.1. The fourth-order valence-electron chi connectivity index (χ4n) is 5.14. The molecule has 0 saturated carbocycles. The maximum Gasteiger partial charge on any atom is 0.161 e. The minimum atomic E-state index is -0.620. The fraction of sp³-hybridized carbons (Fsp3) is 0.417. The van der Waals surface area contributed by atoms with Crippen LogP contribution in [0.5, 0.6) is 11.5 Å². The Kier molecular flexibility index (Phi) is 4.52. The topological polar surface area (TPSA) is 46.9 Å². The van der Waals surface area contributed by atoms with E-state index in [0.717, 1.165) is 18.7 Å². The Bertz CT molecular complexity index is 1070. The molecule has 5 rings (SSSR count). The Morgan fingerprint density at radius 3 is 2.72 bits per heavy atom. The van der Waals surface area contributed by atoms with E-state index < -0.39 is 6.10 Å². The minimum Gasteiger partial charge on any atom is -0.493 e. The fourth-order valence-corrected chi connectivity index (χ4v) is 5.14. The normalized spacial score (nSPS) is 21.2. The Labute approximate surface area is 171 Å². The van der Waals surface area contributed by atoms with Gasteiger partial charge >= 0.3 is 0 Å². The van der Waals surface area contributed by atoms with Crippen molar-refractivity contribution in [2.75, 3.05) is 27.3 Å². The van der Waals surface area contributed by atoms with Crippen molar-refractivity contribution in [1.82, 2.24) is 9.47 Å². The predicted octanol–water partition coefficient (Wildman–Crippen LogP) is 4.00. The van der Waals surface area contributed by atoms with E-state index in [1.54, 1.807) is 14.2 Å². The number of ether oxygens (including phenoxy) is 2. The number of methoxy groups -OCH3 is 2. The van der Waals surface area contributed by atoms with E-state index in [1.165, 1.54) is 40.7 Å². The van der Waals surface area contributed by atoms with Crippen LogP contribution < -0.4 is 9.47 Å². The highest BCUT2D eigenvalue weighted by Gasteiger charge is 2.35. The van der Waals surface area contributed by atoms with Gasteiger partial charge in [0.15, 0.2) is 11.5 Å². The van der Waals surface area contributed by atoms with Crippen LogP contribution in [0.4, 0.5) is 0 Å². The molecule has 0 aliphatic carbocycles. The number of aliphatic hydroxyl groups is 1. The van der Waals surface area contributed by atoms with Crippen molar-refractivity contribution < 1.29 is 14.6 Å². The molecule has 0 radical (unpaired) electrons. The third-order valence-electron chi connectivity index (χ3n) is 6.57. The number of hydrogen-bond donors (Lipinski definition) is 1. The van der Waals surface area contributed by atoms with Crippen molar-refractivity contribution in [2.24, 2.45) is 0 Å². The quantitative estimate of drug-likeness (QED) is 0.713. The number of benzene rings is 2. The number of fused-ring (bicyclic) bond motifs is 6. The highest BCUT2D eigenvalue weighted by atomic mass is 16.5. The molecule has 29 heavy (non-hydrogen) atoms. The molecule has 152 valence electrons. The Morgan fingerprint density at radius 2 is 1.93 bits per heavy atom. The van der Waals surface area contributed by atoms with Crippen LogP contribution in [0.25, 0.3) is 10.9 Å². The molecular formula is C24H28N2O3. The molecule has 1 fully saturated rings. The highest BCUT2D eigenvalue weighted by Crippen LogP contribution is 2.43. The third kappa shape index (κ3) is 3.00. The summed E-state index contributed by atoms with van der Waals surface area (Å²) in [5.74, 6) is 1.93. The molecule has 2 aliphatic heterocycles. The van der Waals surface area contributed by atoms with Gasteiger partial charge in [0, 0.05) is 35.6 Å². The number of aliphatic hydroxyl groups excluding tert-OH is 1. The van der Waals surface area contributed by atoms with Crippen LogP contribution in [0.2, 0.25) is 0 Å². The predicted molar refractivity (Wildman–Crippen MR) is 114 cm³/mol. The molecule has 1 aromatic heterocycles. The van der Waals surface area contributed by atoms with Crippen LogP contribution in [0, 0.1) is 6.92 Å². The summed E-state index contributed by atoms with van der Waals surface area (Å²) < 4.78 is 13.1. The lowest BCUT2D eigenvalue weighted by atomic mass is 9.93. The van der Waals surface area contributed by atoms with E-state index in [9.17, 15) is 5.11 Å². The average molecular weight is 392 g/mol. The van der Waals surface area contributed by atoms with Crippen LogP contribution in [0.15, 0.2) is 36.4 Å². The number of nitrogens with zero attached hydrogens (tertiary/aromatic N) is 2. The first-order chi connectivity index (χ1) is 14.1. The van der Waals surface area contributed by atoms with E-state index in [0.29, 0.717) is 24.0 Å². The number of aromatic nitrogens is 1. The standard InChI is InChI=1S/C24H28N2O3/c1-15-4-6-19-18(10-15)24-17-8-9-25(12-17)13-20(24)26(19)14-21(27)16-5-7-22(28-2)23(11-16)29-3/h4-7,10-11,17,21,27H,8-9,12-14H2,1-3H3. The van der Waals surface area contributed by atoms with Crippen molar-refractivity contribution >= 4 is 10.9 Å². The van der Waals surface area contributed by atoms with Gasteiger partial charge < -0.3 is 19.1 Å². The summed E-state index contributed by atoms with van der Waals surface area (Å²) in [5.41, 5.74) is 6.24. The molecule has 1 N–H and O–H groups in total. The zero-order valence-electron chi connectivity index (χ0n) is 17.3. The smallest absolute Gasteiger partial charge is 0.161 e.